The predicted molar refractivity (Wildman–Crippen MR) is 127 cm³/mol. The quantitative estimate of drug-likeness (QED) is 0.500. The standard InChI is InChI=1S/C27H26N2O5/c1-2-28(17-19-9-5-12-22-25(19)34-16-15-33-22)23(30)13-6-14-29-26(31)20-10-3-7-18-8-4-11-21(24(18)20)27(29)32/h3-5,7-12H,2,6,13-17H2,1H3. The molecule has 3 aromatic carbocycles. The Bertz CT molecular complexity index is 1230. The van der Waals surface area contributed by atoms with Gasteiger partial charge >= 0.3 is 0 Å². The van der Waals surface area contributed by atoms with E-state index in [-0.39, 0.29) is 30.7 Å². The second-order valence-corrected chi connectivity index (χ2v) is 8.42. The fourth-order valence-corrected chi connectivity index (χ4v) is 4.67. The summed E-state index contributed by atoms with van der Waals surface area (Å²) in [7, 11) is 0. The average Bonchev–Trinajstić information content (AvgIpc) is 2.87. The summed E-state index contributed by atoms with van der Waals surface area (Å²) in [6.45, 7) is 4.08. The average molecular weight is 459 g/mol. The Kier molecular flexibility index (Phi) is 5.92. The van der Waals surface area contributed by atoms with Crippen molar-refractivity contribution in [3.05, 3.63) is 71.3 Å². The number of hydrogen-bond acceptors (Lipinski definition) is 5. The molecule has 2 heterocycles. The van der Waals surface area contributed by atoms with Crippen LogP contribution < -0.4 is 9.47 Å². The largest absolute Gasteiger partial charge is 0.486 e. The first-order chi connectivity index (χ1) is 16.6. The SMILES string of the molecule is CCN(Cc1cccc2c1OCCO2)C(=O)CCCN1C(=O)c2cccc3cccc(c23)C1=O. The summed E-state index contributed by atoms with van der Waals surface area (Å²) in [5.74, 6) is 0.752. The molecule has 0 fully saturated rings. The lowest BCUT2D eigenvalue weighted by Crippen LogP contribution is -2.41. The van der Waals surface area contributed by atoms with E-state index in [4.69, 9.17) is 9.47 Å². The van der Waals surface area contributed by atoms with E-state index in [0.717, 1.165) is 10.9 Å². The van der Waals surface area contributed by atoms with Crippen molar-refractivity contribution < 1.29 is 23.9 Å². The lowest BCUT2D eigenvalue weighted by molar-refractivity contribution is -0.131. The second kappa shape index (κ2) is 9.17. The molecule has 0 saturated carbocycles. The molecule has 0 N–H and O–H groups in total. The van der Waals surface area contributed by atoms with Gasteiger partial charge in [-0.1, -0.05) is 36.4 Å². The topological polar surface area (TPSA) is 76.2 Å². The molecule has 0 radical (unpaired) electrons. The van der Waals surface area contributed by atoms with E-state index >= 15 is 0 Å². The second-order valence-electron chi connectivity index (χ2n) is 8.42. The number of hydrogen-bond donors (Lipinski definition) is 0. The third-order valence-electron chi connectivity index (χ3n) is 6.37. The highest BCUT2D eigenvalue weighted by Crippen LogP contribution is 2.34. The van der Waals surface area contributed by atoms with Crippen molar-refractivity contribution in [2.24, 2.45) is 0 Å². The first-order valence-electron chi connectivity index (χ1n) is 11.6. The highest BCUT2D eigenvalue weighted by molar-refractivity contribution is 6.25. The van der Waals surface area contributed by atoms with E-state index in [2.05, 4.69) is 0 Å². The number of imide groups is 1. The molecule has 7 nitrogen and oxygen atoms in total. The first kappa shape index (κ1) is 21.9. The molecule has 0 atom stereocenters. The van der Waals surface area contributed by atoms with Crippen LogP contribution >= 0.6 is 0 Å². The molecule has 0 saturated heterocycles. The van der Waals surface area contributed by atoms with Crippen LogP contribution in [0.2, 0.25) is 0 Å². The van der Waals surface area contributed by atoms with E-state index in [1.165, 1.54) is 4.90 Å². The van der Waals surface area contributed by atoms with Gasteiger partial charge < -0.3 is 14.4 Å². The number of para-hydroxylation sites is 1. The molecule has 3 aromatic rings. The highest BCUT2D eigenvalue weighted by Gasteiger charge is 2.32. The van der Waals surface area contributed by atoms with E-state index in [9.17, 15) is 14.4 Å². The number of nitrogens with zero attached hydrogens (tertiary/aromatic N) is 2. The molecule has 0 unspecified atom stereocenters. The number of amides is 3. The molecule has 0 bridgehead atoms. The summed E-state index contributed by atoms with van der Waals surface area (Å²) < 4.78 is 11.4. The highest BCUT2D eigenvalue weighted by atomic mass is 16.6. The van der Waals surface area contributed by atoms with Gasteiger partial charge in [0.2, 0.25) is 5.91 Å². The maximum Gasteiger partial charge on any atom is 0.261 e. The first-order valence-corrected chi connectivity index (χ1v) is 11.6. The summed E-state index contributed by atoms with van der Waals surface area (Å²) in [5, 5.41) is 1.59. The van der Waals surface area contributed by atoms with Gasteiger partial charge in [0.05, 0.1) is 0 Å². The summed E-state index contributed by atoms with van der Waals surface area (Å²) in [4.78, 5) is 42.1. The summed E-state index contributed by atoms with van der Waals surface area (Å²) in [6.07, 6.45) is 0.639. The molecule has 3 amide bonds. The summed E-state index contributed by atoms with van der Waals surface area (Å²) in [6, 6.07) is 16.7. The van der Waals surface area contributed by atoms with Crippen LogP contribution in [0.5, 0.6) is 11.5 Å². The molecule has 174 valence electrons. The van der Waals surface area contributed by atoms with Crippen LogP contribution in [0.25, 0.3) is 10.8 Å². The number of carbonyl (C=O) groups excluding carboxylic acids is 3. The summed E-state index contributed by atoms with van der Waals surface area (Å²) in [5.41, 5.74) is 1.97. The zero-order valence-corrected chi connectivity index (χ0v) is 19.1. The van der Waals surface area contributed by atoms with E-state index in [1.54, 1.807) is 17.0 Å². The van der Waals surface area contributed by atoms with Crippen molar-refractivity contribution in [3.8, 4) is 11.5 Å². The number of carbonyl (C=O) groups is 3. The molecule has 0 aromatic heterocycles. The van der Waals surface area contributed by atoms with Crippen molar-refractivity contribution in [1.82, 2.24) is 9.80 Å². The minimum Gasteiger partial charge on any atom is -0.486 e. The van der Waals surface area contributed by atoms with Gasteiger partial charge in [-0.3, -0.25) is 19.3 Å². The van der Waals surface area contributed by atoms with Gasteiger partial charge in [-0.05, 0) is 36.9 Å². The van der Waals surface area contributed by atoms with Gasteiger partial charge in [-0.25, -0.2) is 0 Å². The molecule has 0 aliphatic carbocycles. The van der Waals surface area contributed by atoms with Crippen LogP contribution in [0.1, 0.15) is 46.0 Å². The fourth-order valence-electron chi connectivity index (χ4n) is 4.67. The Labute approximate surface area is 197 Å². The van der Waals surface area contributed by atoms with Gasteiger partial charge in [0, 0.05) is 48.1 Å². The Morgan fingerprint density at radius 3 is 2.32 bits per heavy atom. The zero-order chi connectivity index (χ0) is 23.7. The van der Waals surface area contributed by atoms with E-state index < -0.39 is 0 Å². The molecule has 34 heavy (non-hydrogen) atoms. The van der Waals surface area contributed by atoms with E-state index in [1.807, 2.05) is 49.4 Å². The fraction of sp³-hybridized carbons (Fsp3) is 0.296. The van der Waals surface area contributed by atoms with Gasteiger partial charge in [0.1, 0.15) is 13.2 Å². The smallest absolute Gasteiger partial charge is 0.261 e. The lowest BCUT2D eigenvalue weighted by atomic mass is 9.94. The van der Waals surface area contributed by atoms with Crippen LogP contribution in [-0.4, -0.2) is 53.8 Å². The van der Waals surface area contributed by atoms with Crippen molar-refractivity contribution in [2.45, 2.75) is 26.3 Å². The van der Waals surface area contributed by atoms with Gasteiger partial charge in [0.25, 0.3) is 11.8 Å². The molecular formula is C27H26N2O5. The van der Waals surface area contributed by atoms with Crippen molar-refractivity contribution >= 4 is 28.5 Å². The van der Waals surface area contributed by atoms with Crippen LogP contribution in [-0.2, 0) is 11.3 Å². The maximum atomic E-state index is 13.0. The Balaban J connectivity index is 1.24. The minimum absolute atomic E-state index is 0.0313. The third kappa shape index (κ3) is 3.87. The number of rotatable bonds is 7. The van der Waals surface area contributed by atoms with Crippen molar-refractivity contribution in [1.29, 1.82) is 0 Å². The van der Waals surface area contributed by atoms with Crippen molar-refractivity contribution in [3.63, 3.8) is 0 Å². The van der Waals surface area contributed by atoms with Gasteiger partial charge in [-0.15, -0.1) is 0 Å². The van der Waals surface area contributed by atoms with Gasteiger partial charge in [0.15, 0.2) is 11.5 Å². The summed E-state index contributed by atoms with van der Waals surface area (Å²) >= 11 is 0. The zero-order valence-electron chi connectivity index (χ0n) is 19.1. The predicted octanol–water partition coefficient (Wildman–Crippen LogP) is 4.04. The van der Waals surface area contributed by atoms with Crippen LogP contribution in [0, 0.1) is 0 Å². The molecule has 2 aliphatic rings. The molecule has 5 rings (SSSR count). The number of benzene rings is 3. The third-order valence-corrected chi connectivity index (χ3v) is 6.37. The molecule has 0 spiro atoms. The molecular weight excluding hydrogens is 432 g/mol. The Morgan fingerprint density at radius 2 is 1.62 bits per heavy atom. The van der Waals surface area contributed by atoms with Crippen LogP contribution in [0.3, 0.4) is 0 Å². The maximum absolute atomic E-state index is 13.0. The molecule has 7 heteroatoms. The normalized spacial score (nSPS) is 14.4. The molecule has 2 aliphatic heterocycles. The van der Waals surface area contributed by atoms with Crippen LogP contribution in [0.15, 0.2) is 54.6 Å². The Morgan fingerprint density at radius 1 is 0.941 bits per heavy atom. The Hall–Kier alpha value is -3.87. The van der Waals surface area contributed by atoms with Gasteiger partial charge in [-0.2, -0.15) is 0 Å². The van der Waals surface area contributed by atoms with Crippen molar-refractivity contribution in [2.75, 3.05) is 26.3 Å². The minimum atomic E-state index is -0.304. The number of fused-ring (bicyclic) bond motifs is 1. The monoisotopic (exact) mass is 458 g/mol. The number of ether oxygens (including phenoxy) is 2. The lowest BCUT2D eigenvalue weighted by Gasteiger charge is -2.28. The van der Waals surface area contributed by atoms with E-state index in [0.29, 0.717) is 60.7 Å². The van der Waals surface area contributed by atoms with Crippen LogP contribution in [0.4, 0.5) is 0 Å².